The maximum atomic E-state index is 12.2. The van der Waals surface area contributed by atoms with Crippen LogP contribution in [0.2, 0.25) is 0 Å². The topological polar surface area (TPSA) is 90.0 Å². The molecule has 112 valence electrons. The van der Waals surface area contributed by atoms with Gasteiger partial charge < -0.3 is 11.1 Å². The number of carbonyl (C=O) groups is 1. The lowest BCUT2D eigenvalue weighted by Gasteiger charge is -2.15. The molecule has 1 heterocycles. The first kappa shape index (κ1) is 16.5. The van der Waals surface area contributed by atoms with Crippen molar-refractivity contribution in [1.82, 2.24) is 9.78 Å². The van der Waals surface area contributed by atoms with Gasteiger partial charge in [-0.25, -0.2) is 4.68 Å². The van der Waals surface area contributed by atoms with E-state index < -0.39 is 24.2 Å². The van der Waals surface area contributed by atoms with Gasteiger partial charge in [-0.3, -0.25) is 9.59 Å². The normalized spacial score (nSPS) is 13.1. The van der Waals surface area contributed by atoms with Crippen LogP contribution in [0.3, 0.4) is 0 Å². The van der Waals surface area contributed by atoms with Crippen LogP contribution in [0.5, 0.6) is 0 Å². The number of halogens is 4. The van der Waals surface area contributed by atoms with Crippen molar-refractivity contribution in [1.29, 1.82) is 0 Å². The van der Waals surface area contributed by atoms with Crippen molar-refractivity contribution < 1.29 is 18.0 Å². The molecule has 1 aromatic rings. The van der Waals surface area contributed by atoms with Crippen molar-refractivity contribution in [2.75, 3.05) is 5.32 Å². The molecule has 1 unspecified atom stereocenters. The Morgan fingerprint density at radius 1 is 1.60 bits per heavy atom. The number of anilines is 1. The van der Waals surface area contributed by atoms with Gasteiger partial charge in [0.25, 0.3) is 5.56 Å². The van der Waals surface area contributed by atoms with Crippen molar-refractivity contribution in [2.24, 2.45) is 5.73 Å². The van der Waals surface area contributed by atoms with E-state index in [-0.39, 0.29) is 22.6 Å². The number of amides is 1. The third-order valence-electron chi connectivity index (χ3n) is 2.22. The quantitative estimate of drug-likeness (QED) is 0.830. The number of nitrogens with zero attached hydrogens (tertiary/aromatic N) is 2. The van der Waals surface area contributed by atoms with Gasteiger partial charge in [-0.2, -0.15) is 18.3 Å². The lowest BCUT2D eigenvalue weighted by atomic mass is 10.2. The fraction of sp³-hybridized carbons (Fsp3) is 0.500. The van der Waals surface area contributed by atoms with E-state index in [9.17, 15) is 22.8 Å². The molecule has 3 N–H and O–H groups in total. The molecule has 0 aliphatic carbocycles. The lowest BCUT2D eigenvalue weighted by molar-refractivity contribution is -0.143. The van der Waals surface area contributed by atoms with Gasteiger partial charge in [0.1, 0.15) is 11.0 Å². The fourth-order valence-corrected chi connectivity index (χ4v) is 1.89. The van der Waals surface area contributed by atoms with E-state index in [0.717, 1.165) is 6.20 Å². The molecule has 1 atom stereocenters. The highest BCUT2D eigenvalue weighted by Gasteiger charge is 2.29. The van der Waals surface area contributed by atoms with Crippen LogP contribution < -0.4 is 16.6 Å². The zero-order valence-electron chi connectivity index (χ0n) is 10.4. The number of carbonyl (C=O) groups excluding carboxylic acids is 1. The smallest absolute Gasteiger partial charge is 0.380 e. The molecule has 0 aliphatic heterocycles. The molecule has 1 amide bonds. The Balaban J connectivity index is 2.95. The van der Waals surface area contributed by atoms with E-state index in [1.54, 1.807) is 6.92 Å². The number of nitrogens with one attached hydrogen (secondary N) is 1. The molecular formula is C10H12BrF3N4O2. The zero-order valence-corrected chi connectivity index (χ0v) is 12.0. The summed E-state index contributed by atoms with van der Waals surface area (Å²) in [6, 6.07) is -0.386. The molecule has 0 saturated carbocycles. The van der Waals surface area contributed by atoms with Crippen molar-refractivity contribution >= 4 is 27.5 Å². The van der Waals surface area contributed by atoms with Gasteiger partial charge in [0.05, 0.1) is 11.9 Å². The van der Waals surface area contributed by atoms with Gasteiger partial charge in [-0.1, -0.05) is 0 Å². The number of alkyl halides is 3. The van der Waals surface area contributed by atoms with Crippen LogP contribution in [0.25, 0.3) is 0 Å². The summed E-state index contributed by atoms with van der Waals surface area (Å²) in [6.45, 7) is 0.167. The Bertz CT molecular complexity index is 558. The second-order valence-electron chi connectivity index (χ2n) is 4.17. The van der Waals surface area contributed by atoms with Gasteiger partial charge in [0, 0.05) is 12.5 Å². The first-order chi connectivity index (χ1) is 9.10. The molecule has 0 spiro atoms. The first-order valence-electron chi connectivity index (χ1n) is 5.47. The van der Waals surface area contributed by atoms with Crippen LogP contribution in [0.4, 0.5) is 18.9 Å². The Morgan fingerprint density at radius 2 is 2.20 bits per heavy atom. The van der Waals surface area contributed by atoms with Crippen molar-refractivity contribution in [2.45, 2.75) is 32.1 Å². The third kappa shape index (κ3) is 4.83. The lowest BCUT2D eigenvalue weighted by Crippen LogP contribution is -2.32. The van der Waals surface area contributed by atoms with Crippen molar-refractivity contribution in [3.8, 4) is 0 Å². The summed E-state index contributed by atoms with van der Waals surface area (Å²) >= 11 is 2.91. The summed E-state index contributed by atoms with van der Waals surface area (Å²) in [6.07, 6.45) is -3.45. The molecule has 20 heavy (non-hydrogen) atoms. The number of nitrogens with two attached hydrogens (primary N) is 1. The molecule has 0 aliphatic rings. The maximum absolute atomic E-state index is 12.2. The summed E-state index contributed by atoms with van der Waals surface area (Å²) in [4.78, 5) is 22.4. The van der Waals surface area contributed by atoms with E-state index in [4.69, 9.17) is 5.73 Å². The number of hydrogen-bond acceptors (Lipinski definition) is 4. The largest absolute Gasteiger partial charge is 0.408 e. The minimum absolute atomic E-state index is 0.0120. The van der Waals surface area contributed by atoms with Crippen LogP contribution in [-0.4, -0.2) is 27.9 Å². The standard InChI is InChI=1S/C10H12BrF3N4O2/c1-5(2-7(15)19)17-6-3-16-18(4-10(12,13)14)9(20)8(6)11/h3,5,17H,2,4H2,1H3,(H2,15,19). The Hall–Kier alpha value is -1.58. The molecule has 1 aromatic heterocycles. The highest BCUT2D eigenvalue weighted by atomic mass is 79.9. The zero-order chi connectivity index (χ0) is 15.5. The minimum Gasteiger partial charge on any atom is -0.380 e. The van der Waals surface area contributed by atoms with E-state index in [1.807, 2.05) is 0 Å². The van der Waals surface area contributed by atoms with E-state index in [1.165, 1.54) is 0 Å². The Labute approximate surface area is 120 Å². The minimum atomic E-state index is -4.54. The third-order valence-corrected chi connectivity index (χ3v) is 2.99. The van der Waals surface area contributed by atoms with Crippen LogP contribution in [-0.2, 0) is 11.3 Å². The Kier molecular flexibility index (Phi) is 5.15. The molecule has 1 rings (SSSR count). The highest BCUT2D eigenvalue weighted by molar-refractivity contribution is 9.10. The SMILES string of the molecule is CC(CC(N)=O)Nc1cnn(CC(F)(F)F)c(=O)c1Br. The summed E-state index contributed by atoms with van der Waals surface area (Å²) in [5.41, 5.74) is 4.29. The average Bonchev–Trinajstić information content (AvgIpc) is 2.26. The number of hydrogen-bond donors (Lipinski definition) is 2. The Morgan fingerprint density at radius 3 is 2.70 bits per heavy atom. The summed E-state index contributed by atoms with van der Waals surface area (Å²) in [5.74, 6) is -0.542. The average molecular weight is 357 g/mol. The maximum Gasteiger partial charge on any atom is 0.408 e. The van der Waals surface area contributed by atoms with Gasteiger partial charge >= 0.3 is 6.18 Å². The van der Waals surface area contributed by atoms with Gasteiger partial charge in [0.15, 0.2) is 0 Å². The van der Waals surface area contributed by atoms with E-state index in [2.05, 4.69) is 26.3 Å². The van der Waals surface area contributed by atoms with Crippen molar-refractivity contribution in [3.05, 3.63) is 21.0 Å². The van der Waals surface area contributed by atoms with Gasteiger partial charge in [0.2, 0.25) is 5.91 Å². The molecule has 0 bridgehead atoms. The fourth-order valence-electron chi connectivity index (χ4n) is 1.47. The molecule has 0 saturated heterocycles. The van der Waals surface area contributed by atoms with Crippen LogP contribution in [0.1, 0.15) is 13.3 Å². The second kappa shape index (κ2) is 6.25. The predicted molar refractivity (Wildman–Crippen MR) is 69.1 cm³/mol. The number of rotatable bonds is 5. The summed E-state index contributed by atoms with van der Waals surface area (Å²) in [7, 11) is 0. The van der Waals surface area contributed by atoms with Gasteiger partial charge in [-0.05, 0) is 22.9 Å². The molecule has 10 heteroatoms. The molecule has 0 radical (unpaired) electrons. The summed E-state index contributed by atoms with van der Waals surface area (Å²) in [5, 5.41) is 6.20. The highest BCUT2D eigenvalue weighted by Crippen LogP contribution is 2.20. The molecule has 6 nitrogen and oxygen atoms in total. The van der Waals surface area contributed by atoms with Crippen LogP contribution >= 0.6 is 15.9 Å². The molecule has 0 fully saturated rings. The predicted octanol–water partition coefficient (Wildman–Crippen LogP) is 1.24. The first-order valence-corrected chi connectivity index (χ1v) is 6.26. The second-order valence-corrected chi connectivity index (χ2v) is 4.96. The van der Waals surface area contributed by atoms with Crippen LogP contribution in [0.15, 0.2) is 15.5 Å². The monoisotopic (exact) mass is 356 g/mol. The summed E-state index contributed by atoms with van der Waals surface area (Å²) < 4.78 is 36.9. The molecular weight excluding hydrogens is 345 g/mol. The number of primary amides is 1. The van der Waals surface area contributed by atoms with Crippen LogP contribution in [0, 0.1) is 0 Å². The van der Waals surface area contributed by atoms with E-state index in [0.29, 0.717) is 4.68 Å². The number of aromatic nitrogens is 2. The van der Waals surface area contributed by atoms with E-state index >= 15 is 0 Å². The molecule has 0 aromatic carbocycles. The van der Waals surface area contributed by atoms with Crippen molar-refractivity contribution in [3.63, 3.8) is 0 Å². The van der Waals surface area contributed by atoms with Gasteiger partial charge in [-0.15, -0.1) is 0 Å².